The largest absolute Gasteiger partial charge is 0.481 e. The number of para-hydroxylation sites is 1. The van der Waals surface area contributed by atoms with Crippen molar-refractivity contribution in [3.05, 3.63) is 48.5 Å². The Bertz CT molecular complexity index is 886. The number of rotatable bonds is 7. The molecule has 0 radical (unpaired) electrons. The van der Waals surface area contributed by atoms with Crippen LogP contribution in [0.4, 0.5) is 0 Å². The van der Waals surface area contributed by atoms with Crippen LogP contribution in [0.5, 0.6) is 11.6 Å². The predicted molar refractivity (Wildman–Crippen MR) is 98.5 cm³/mol. The molecule has 5 heteroatoms. The molecular weight excluding hydrogens is 314 g/mol. The lowest BCUT2D eigenvalue weighted by atomic mass is 10.2. The Morgan fingerprint density at radius 3 is 2.56 bits per heavy atom. The molecule has 0 amide bonds. The number of aromatic nitrogens is 2. The molecule has 25 heavy (non-hydrogen) atoms. The van der Waals surface area contributed by atoms with Crippen LogP contribution in [0, 0.1) is 12.3 Å². The van der Waals surface area contributed by atoms with E-state index < -0.39 is 0 Å². The van der Waals surface area contributed by atoms with Crippen molar-refractivity contribution in [2.24, 2.45) is 5.73 Å². The van der Waals surface area contributed by atoms with E-state index in [1.807, 2.05) is 48.5 Å². The number of nitrogens with two attached hydrogens (primary N) is 1. The Kier molecular flexibility index (Phi) is 5.45. The highest BCUT2D eigenvalue weighted by atomic mass is 16.5. The minimum Gasteiger partial charge on any atom is -0.481 e. The lowest BCUT2D eigenvalue weighted by Crippen LogP contribution is -2.07. The third kappa shape index (κ3) is 4.06. The molecule has 0 bridgehead atoms. The molecule has 0 atom stereocenters. The number of benzene rings is 2. The van der Waals surface area contributed by atoms with Crippen molar-refractivity contribution >= 4 is 10.9 Å². The lowest BCUT2D eigenvalue weighted by Gasteiger charge is -2.10. The van der Waals surface area contributed by atoms with Gasteiger partial charge in [0.15, 0.2) is 5.82 Å². The Labute approximate surface area is 146 Å². The standard InChI is InChI=1S/C20H19N3O2/c1-2-13-24-16-10-8-15(9-11-16)19-22-18-7-4-3-6-17(18)20(23-19)25-14-5-12-21/h1,3-4,6-11H,5,12-14,21H2. The van der Waals surface area contributed by atoms with Gasteiger partial charge in [0.2, 0.25) is 5.88 Å². The van der Waals surface area contributed by atoms with Crippen LogP contribution in [-0.2, 0) is 0 Å². The summed E-state index contributed by atoms with van der Waals surface area (Å²) in [5, 5.41) is 0.886. The van der Waals surface area contributed by atoms with E-state index >= 15 is 0 Å². The summed E-state index contributed by atoms with van der Waals surface area (Å²) in [6, 6.07) is 15.3. The monoisotopic (exact) mass is 333 g/mol. The van der Waals surface area contributed by atoms with Gasteiger partial charge in [-0.3, -0.25) is 0 Å². The second kappa shape index (κ2) is 8.13. The van der Waals surface area contributed by atoms with E-state index in [1.54, 1.807) is 0 Å². The van der Waals surface area contributed by atoms with Gasteiger partial charge in [-0.1, -0.05) is 18.1 Å². The Hall–Kier alpha value is -3.10. The van der Waals surface area contributed by atoms with E-state index in [0.717, 1.165) is 22.9 Å². The summed E-state index contributed by atoms with van der Waals surface area (Å²) < 4.78 is 11.2. The molecule has 0 fully saturated rings. The minimum atomic E-state index is 0.241. The number of hydrogen-bond acceptors (Lipinski definition) is 5. The molecule has 0 saturated carbocycles. The third-order valence-corrected chi connectivity index (χ3v) is 3.59. The first-order valence-corrected chi connectivity index (χ1v) is 8.08. The highest BCUT2D eigenvalue weighted by Crippen LogP contribution is 2.27. The second-order valence-electron chi connectivity index (χ2n) is 5.38. The number of nitrogens with zero attached hydrogens (tertiary/aromatic N) is 2. The summed E-state index contributed by atoms with van der Waals surface area (Å²) in [5.41, 5.74) is 7.25. The third-order valence-electron chi connectivity index (χ3n) is 3.59. The van der Waals surface area contributed by atoms with Crippen LogP contribution >= 0.6 is 0 Å². The summed E-state index contributed by atoms with van der Waals surface area (Å²) in [6.45, 7) is 1.34. The number of hydrogen-bond donors (Lipinski definition) is 1. The van der Waals surface area contributed by atoms with E-state index in [1.165, 1.54) is 0 Å². The first kappa shape index (κ1) is 16.7. The quantitative estimate of drug-likeness (QED) is 0.531. The minimum absolute atomic E-state index is 0.241. The van der Waals surface area contributed by atoms with Gasteiger partial charge in [0.25, 0.3) is 0 Å². The molecule has 0 aliphatic heterocycles. The molecule has 0 saturated heterocycles. The number of ether oxygens (including phenoxy) is 2. The fourth-order valence-corrected chi connectivity index (χ4v) is 2.36. The van der Waals surface area contributed by atoms with Crippen molar-refractivity contribution in [2.75, 3.05) is 19.8 Å². The average Bonchev–Trinajstić information content (AvgIpc) is 2.67. The summed E-state index contributed by atoms with van der Waals surface area (Å²) in [7, 11) is 0. The summed E-state index contributed by atoms with van der Waals surface area (Å²) >= 11 is 0. The van der Waals surface area contributed by atoms with Crippen molar-refractivity contribution in [2.45, 2.75) is 6.42 Å². The number of terminal acetylenes is 1. The summed E-state index contributed by atoms with van der Waals surface area (Å²) in [5.74, 6) is 4.32. The first-order valence-electron chi connectivity index (χ1n) is 8.08. The zero-order chi connectivity index (χ0) is 17.5. The lowest BCUT2D eigenvalue weighted by molar-refractivity contribution is 0.305. The molecule has 3 rings (SSSR count). The van der Waals surface area contributed by atoms with Gasteiger partial charge >= 0.3 is 0 Å². The fourth-order valence-electron chi connectivity index (χ4n) is 2.36. The second-order valence-corrected chi connectivity index (χ2v) is 5.38. The summed E-state index contributed by atoms with van der Waals surface area (Å²) in [4.78, 5) is 9.22. The van der Waals surface area contributed by atoms with Crippen molar-refractivity contribution in [1.82, 2.24) is 9.97 Å². The molecule has 2 N–H and O–H groups in total. The van der Waals surface area contributed by atoms with Crippen molar-refractivity contribution in [1.29, 1.82) is 0 Å². The molecular formula is C20H19N3O2. The maximum Gasteiger partial charge on any atom is 0.225 e. The van der Waals surface area contributed by atoms with Gasteiger partial charge in [0.1, 0.15) is 12.4 Å². The van der Waals surface area contributed by atoms with Crippen LogP contribution in [0.3, 0.4) is 0 Å². The molecule has 0 spiro atoms. The SMILES string of the molecule is C#CCOc1ccc(-c2nc(OCCCN)c3ccccc3n2)cc1. The Balaban J connectivity index is 1.94. The molecule has 3 aromatic rings. The van der Waals surface area contributed by atoms with Crippen molar-refractivity contribution < 1.29 is 9.47 Å². The number of fused-ring (bicyclic) bond motifs is 1. The zero-order valence-corrected chi connectivity index (χ0v) is 13.8. The highest BCUT2D eigenvalue weighted by molar-refractivity contribution is 5.85. The molecule has 0 aliphatic rings. The first-order chi connectivity index (χ1) is 12.3. The smallest absolute Gasteiger partial charge is 0.225 e. The van der Waals surface area contributed by atoms with Gasteiger partial charge in [-0.15, -0.1) is 6.42 Å². The van der Waals surface area contributed by atoms with Gasteiger partial charge in [-0.25, -0.2) is 4.98 Å². The normalized spacial score (nSPS) is 10.4. The molecule has 0 aliphatic carbocycles. The maximum absolute atomic E-state index is 5.82. The van der Waals surface area contributed by atoms with E-state index in [9.17, 15) is 0 Å². The average molecular weight is 333 g/mol. The molecule has 1 aromatic heterocycles. The topological polar surface area (TPSA) is 70.3 Å². The van der Waals surface area contributed by atoms with Crippen LogP contribution in [0.2, 0.25) is 0 Å². The van der Waals surface area contributed by atoms with Gasteiger partial charge < -0.3 is 15.2 Å². The highest BCUT2D eigenvalue weighted by Gasteiger charge is 2.10. The van der Waals surface area contributed by atoms with Crippen LogP contribution in [0.15, 0.2) is 48.5 Å². The van der Waals surface area contributed by atoms with Gasteiger partial charge in [-0.05, 0) is 49.4 Å². The molecule has 0 unspecified atom stereocenters. The maximum atomic E-state index is 5.82. The molecule has 2 aromatic carbocycles. The molecule has 126 valence electrons. The van der Waals surface area contributed by atoms with E-state index in [-0.39, 0.29) is 6.61 Å². The van der Waals surface area contributed by atoms with Crippen LogP contribution in [0.1, 0.15) is 6.42 Å². The van der Waals surface area contributed by atoms with Gasteiger partial charge in [-0.2, -0.15) is 4.98 Å². The van der Waals surface area contributed by atoms with E-state index in [2.05, 4.69) is 15.9 Å². The van der Waals surface area contributed by atoms with Crippen molar-refractivity contribution in [3.63, 3.8) is 0 Å². The van der Waals surface area contributed by atoms with Gasteiger partial charge in [0.05, 0.1) is 17.5 Å². The van der Waals surface area contributed by atoms with E-state index in [0.29, 0.717) is 30.6 Å². The Morgan fingerprint density at radius 2 is 1.80 bits per heavy atom. The van der Waals surface area contributed by atoms with Crippen molar-refractivity contribution in [3.8, 4) is 35.4 Å². The Morgan fingerprint density at radius 1 is 1.00 bits per heavy atom. The fraction of sp³-hybridized carbons (Fsp3) is 0.200. The van der Waals surface area contributed by atoms with Crippen LogP contribution in [-0.4, -0.2) is 29.7 Å². The van der Waals surface area contributed by atoms with Gasteiger partial charge in [0, 0.05) is 5.56 Å². The predicted octanol–water partition coefficient (Wildman–Crippen LogP) is 3.04. The van der Waals surface area contributed by atoms with Crippen LogP contribution in [0.25, 0.3) is 22.3 Å². The van der Waals surface area contributed by atoms with Crippen LogP contribution < -0.4 is 15.2 Å². The molecule has 1 heterocycles. The molecule has 5 nitrogen and oxygen atoms in total. The van der Waals surface area contributed by atoms with E-state index in [4.69, 9.17) is 21.6 Å². The summed E-state index contributed by atoms with van der Waals surface area (Å²) in [6.07, 6.45) is 5.97. The zero-order valence-electron chi connectivity index (χ0n) is 13.8.